The molecule has 0 aromatic heterocycles. The third kappa shape index (κ3) is 3.26. The van der Waals surface area contributed by atoms with Gasteiger partial charge in [0.2, 0.25) is 0 Å². The van der Waals surface area contributed by atoms with Crippen molar-refractivity contribution in [3.8, 4) is 0 Å². The van der Waals surface area contributed by atoms with Crippen molar-refractivity contribution in [2.75, 3.05) is 13.2 Å². The van der Waals surface area contributed by atoms with Crippen molar-refractivity contribution in [2.45, 2.75) is 25.9 Å². The summed E-state index contributed by atoms with van der Waals surface area (Å²) in [5.74, 6) is -2.03. The van der Waals surface area contributed by atoms with Gasteiger partial charge in [-0.2, -0.15) is 0 Å². The molecule has 1 N–H and O–H groups in total. The van der Waals surface area contributed by atoms with E-state index in [1.165, 1.54) is 0 Å². The van der Waals surface area contributed by atoms with Crippen LogP contribution in [-0.2, 0) is 25.5 Å². The van der Waals surface area contributed by atoms with Crippen molar-refractivity contribution in [3.63, 3.8) is 0 Å². The number of aliphatic hydroxyl groups is 1. The molecular weight excluding hydrogens is 344 g/mol. The van der Waals surface area contributed by atoms with Gasteiger partial charge in [-0.15, -0.1) is 0 Å². The first-order valence-corrected chi connectivity index (χ1v) is 8.98. The Labute approximate surface area is 158 Å². The normalized spacial score (nSPS) is 13.3. The number of hydrogen-bond acceptors (Lipinski definition) is 5. The van der Waals surface area contributed by atoms with Gasteiger partial charge in [-0.05, 0) is 48.1 Å². The second-order valence-corrected chi connectivity index (χ2v) is 6.20. The Morgan fingerprint density at radius 1 is 0.926 bits per heavy atom. The van der Waals surface area contributed by atoms with Gasteiger partial charge in [0, 0.05) is 0 Å². The van der Waals surface area contributed by atoms with Gasteiger partial charge < -0.3 is 14.6 Å². The molecule has 0 heterocycles. The summed E-state index contributed by atoms with van der Waals surface area (Å²) in [5.41, 5.74) is 1.08. The van der Waals surface area contributed by atoms with Crippen LogP contribution in [0.1, 0.15) is 30.5 Å². The maximum Gasteiger partial charge on any atom is 0.354 e. The molecule has 3 rings (SSSR count). The number of rotatable bonds is 6. The van der Waals surface area contributed by atoms with Gasteiger partial charge in [-0.25, -0.2) is 9.59 Å². The summed E-state index contributed by atoms with van der Waals surface area (Å²) in [6.07, 6.45) is 0.258. The molecule has 5 heteroatoms. The lowest BCUT2D eigenvalue weighted by Crippen LogP contribution is -2.51. The van der Waals surface area contributed by atoms with E-state index in [0.717, 1.165) is 16.7 Å². The molecule has 0 atom stereocenters. The van der Waals surface area contributed by atoms with Crippen molar-refractivity contribution in [1.82, 2.24) is 0 Å². The Morgan fingerprint density at radius 3 is 2.07 bits per heavy atom. The van der Waals surface area contributed by atoms with Crippen LogP contribution in [0.5, 0.6) is 0 Å². The third-order valence-corrected chi connectivity index (χ3v) is 4.60. The molecule has 0 amide bonds. The molecule has 2 aromatic rings. The number of fused-ring (bicyclic) bond motifs is 1. The minimum Gasteiger partial charge on any atom is -0.463 e. The molecule has 5 nitrogen and oxygen atoms in total. The molecular formula is C22H22O5. The summed E-state index contributed by atoms with van der Waals surface area (Å²) >= 11 is 0. The quantitative estimate of drug-likeness (QED) is 0.629. The van der Waals surface area contributed by atoms with E-state index in [1.54, 1.807) is 13.8 Å². The Kier molecular flexibility index (Phi) is 5.42. The highest BCUT2D eigenvalue weighted by molar-refractivity contribution is 6.10. The van der Waals surface area contributed by atoms with Crippen molar-refractivity contribution in [1.29, 1.82) is 0 Å². The largest absolute Gasteiger partial charge is 0.463 e. The predicted molar refractivity (Wildman–Crippen MR) is 101 cm³/mol. The fourth-order valence-electron chi connectivity index (χ4n) is 3.40. The number of esters is 2. The Hall–Kier alpha value is -2.92. The maximum absolute atomic E-state index is 12.7. The Morgan fingerprint density at radius 2 is 1.48 bits per heavy atom. The molecule has 0 spiro atoms. The van der Waals surface area contributed by atoms with Crippen LogP contribution in [0.4, 0.5) is 0 Å². The van der Waals surface area contributed by atoms with E-state index < -0.39 is 17.5 Å². The lowest BCUT2D eigenvalue weighted by atomic mass is 9.87. The monoisotopic (exact) mass is 366 g/mol. The fraction of sp³-hybridized carbons (Fsp3) is 0.273. The van der Waals surface area contributed by atoms with Gasteiger partial charge in [0.25, 0.3) is 5.60 Å². The average Bonchev–Trinajstić information content (AvgIpc) is 3.08. The molecule has 0 aliphatic heterocycles. The van der Waals surface area contributed by atoms with Gasteiger partial charge in [0.05, 0.1) is 13.2 Å². The summed E-state index contributed by atoms with van der Waals surface area (Å²) < 4.78 is 10.1. The number of carbonyl (C=O) groups is 2. The smallest absolute Gasteiger partial charge is 0.354 e. The first kappa shape index (κ1) is 18.9. The van der Waals surface area contributed by atoms with E-state index in [9.17, 15) is 14.7 Å². The third-order valence-electron chi connectivity index (χ3n) is 4.60. The van der Waals surface area contributed by atoms with Crippen LogP contribution >= 0.6 is 0 Å². The van der Waals surface area contributed by atoms with Crippen molar-refractivity contribution < 1.29 is 24.2 Å². The molecule has 0 saturated heterocycles. The molecule has 140 valence electrons. The molecule has 2 aromatic carbocycles. The van der Waals surface area contributed by atoms with Gasteiger partial charge in [-0.1, -0.05) is 54.6 Å². The summed E-state index contributed by atoms with van der Waals surface area (Å²) in [5, 5.41) is 11.3. The Balaban J connectivity index is 2.25. The van der Waals surface area contributed by atoms with Crippen LogP contribution < -0.4 is 0 Å². The molecule has 0 radical (unpaired) electrons. The number of benzene rings is 2. The van der Waals surface area contributed by atoms with E-state index >= 15 is 0 Å². The molecule has 0 fully saturated rings. The second kappa shape index (κ2) is 7.76. The fourth-order valence-corrected chi connectivity index (χ4v) is 3.40. The van der Waals surface area contributed by atoms with E-state index in [4.69, 9.17) is 9.47 Å². The Bertz CT molecular complexity index is 865. The molecule has 1 aliphatic rings. The first-order valence-electron chi connectivity index (χ1n) is 8.98. The summed E-state index contributed by atoms with van der Waals surface area (Å²) in [6, 6.07) is 17.0. The predicted octanol–water partition coefficient (Wildman–Crippen LogP) is 2.90. The van der Waals surface area contributed by atoms with Crippen LogP contribution in [0.25, 0.3) is 5.57 Å². The van der Waals surface area contributed by atoms with E-state index in [2.05, 4.69) is 0 Å². The van der Waals surface area contributed by atoms with Gasteiger partial charge in [0.15, 0.2) is 0 Å². The van der Waals surface area contributed by atoms with Crippen molar-refractivity contribution >= 4 is 17.5 Å². The van der Waals surface area contributed by atoms with Crippen molar-refractivity contribution in [2.24, 2.45) is 0 Å². The van der Waals surface area contributed by atoms with Gasteiger partial charge in [0.1, 0.15) is 0 Å². The summed E-state index contributed by atoms with van der Waals surface area (Å²) in [7, 11) is 0. The van der Waals surface area contributed by atoms with Crippen molar-refractivity contribution in [3.05, 3.63) is 76.9 Å². The van der Waals surface area contributed by atoms with E-state index in [-0.39, 0.29) is 25.2 Å². The van der Waals surface area contributed by atoms with E-state index in [1.807, 2.05) is 54.6 Å². The van der Waals surface area contributed by atoms with E-state index in [0.29, 0.717) is 5.57 Å². The summed E-state index contributed by atoms with van der Waals surface area (Å²) in [4.78, 5) is 25.4. The molecule has 0 bridgehead atoms. The lowest BCUT2D eigenvalue weighted by Gasteiger charge is -2.26. The molecule has 1 aliphatic carbocycles. The van der Waals surface area contributed by atoms with Gasteiger partial charge >= 0.3 is 11.9 Å². The number of hydrogen-bond donors (Lipinski definition) is 1. The molecule has 0 saturated carbocycles. The minimum absolute atomic E-state index is 0.0431. The van der Waals surface area contributed by atoms with Crippen LogP contribution in [0, 0.1) is 0 Å². The number of carbonyl (C=O) groups excluding carboxylic acids is 2. The maximum atomic E-state index is 12.7. The zero-order chi connectivity index (χ0) is 19.4. The lowest BCUT2D eigenvalue weighted by molar-refractivity contribution is -0.178. The SMILES string of the molecule is CCOC(=O)C(O)(C(=O)OCC)C1=C(c2ccccc2)c2ccccc2C1. The highest BCUT2D eigenvalue weighted by atomic mass is 16.6. The zero-order valence-electron chi connectivity index (χ0n) is 15.4. The average molecular weight is 366 g/mol. The van der Waals surface area contributed by atoms with Gasteiger partial charge in [-0.3, -0.25) is 0 Å². The number of ether oxygens (including phenoxy) is 2. The topological polar surface area (TPSA) is 72.8 Å². The molecule has 27 heavy (non-hydrogen) atoms. The van der Waals surface area contributed by atoms with Crippen LogP contribution in [0.2, 0.25) is 0 Å². The zero-order valence-corrected chi connectivity index (χ0v) is 15.4. The standard InChI is InChI=1S/C22H22O5/c1-3-26-20(23)22(25,21(24)27-4-2)18-14-16-12-8-9-13-17(16)19(18)15-10-6-5-7-11-15/h5-13,25H,3-4,14H2,1-2H3. The molecule has 0 unspecified atom stereocenters. The first-order chi connectivity index (χ1) is 13.0. The summed E-state index contributed by atoms with van der Waals surface area (Å²) in [6.45, 7) is 3.33. The highest BCUT2D eigenvalue weighted by Crippen LogP contribution is 2.42. The van der Waals surface area contributed by atoms with Crippen LogP contribution in [0.3, 0.4) is 0 Å². The highest BCUT2D eigenvalue weighted by Gasteiger charge is 2.53. The van der Waals surface area contributed by atoms with Crippen LogP contribution in [-0.4, -0.2) is 35.9 Å². The second-order valence-electron chi connectivity index (χ2n) is 6.20. The minimum atomic E-state index is -2.49. The van der Waals surface area contributed by atoms with Crippen LogP contribution in [0.15, 0.2) is 60.2 Å².